The van der Waals surface area contributed by atoms with Crippen molar-refractivity contribution in [3.8, 4) is 0 Å². The van der Waals surface area contributed by atoms with Crippen molar-refractivity contribution >= 4 is 5.97 Å². The fourth-order valence-corrected chi connectivity index (χ4v) is 1.47. The molecule has 94 valence electrons. The lowest BCUT2D eigenvalue weighted by Crippen LogP contribution is -2.30. The SMILES string of the molecule is C=CCNC(C(=O)OCC)c1cnn(CC)c1. The summed E-state index contributed by atoms with van der Waals surface area (Å²) in [6, 6.07) is -0.478. The molecule has 5 heteroatoms. The minimum atomic E-state index is -0.478. The molecule has 0 saturated carbocycles. The van der Waals surface area contributed by atoms with Crippen LogP contribution in [0.25, 0.3) is 0 Å². The van der Waals surface area contributed by atoms with E-state index in [2.05, 4.69) is 17.0 Å². The number of carbonyl (C=O) groups is 1. The van der Waals surface area contributed by atoms with Gasteiger partial charge in [0, 0.05) is 24.8 Å². The molecule has 1 unspecified atom stereocenters. The van der Waals surface area contributed by atoms with Crippen LogP contribution >= 0.6 is 0 Å². The van der Waals surface area contributed by atoms with Crippen LogP contribution < -0.4 is 5.32 Å². The van der Waals surface area contributed by atoms with Gasteiger partial charge in [0.25, 0.3) is 0 Å². The van der Waals surface area contributed by atoms with Gasteiger partial charge in [-0.05, 0) is 13.8 Å². The number of nitrogens with zero attached hydrogens (tertiary/aromatic N) is 2. The predicted octanol–water partition coefficient (Wildman–Crippen LogP) is 1.28. The minimum absolute atomic E-state index is 0.287. The van der Waals surface area contributed by atoms with E-state index in [-0.39, 0.29) is 5.97 Å². The average Bonchev–Trinajstić information content (AvgIpc) is 2.78. The van der Waals surface area contributed by atoms with Crippen LogP contribution in [0.4, 0.5) is 0 Å². The number of hydrogen-bond donors (Lipinski definition) is 1. The Morgan fingerprint density at radius 3 is 3.00 bits per heavy atom. The molecule has 0 aliphatic heterocycles. The van der Waals surface area contributed by atoms with Crippen molar-refractivity contribution in [2.45, 2.75) is 26.4 Å². The molecule has 0 aromatic carbocycles. The van der Waals surface area contributed by atoms with Gasteiger partial charge in [-0.2, -0.15) is 5.10 Å². The first-order chi connectivity index (χ1) is 8.22. The highest BCUT2D eigenvalue weighted by Crippen LogP contribution is 2.13. The molecule has 0 radical (unpaired) electrons. The third kappa shape index (κ3) is 3.71. The van der Waals surface area contributed by atoms with E-state index in [1.807, 2.05) is 13.1 Å². The van der Waals surface area contributed by atoms with Gasteiger partial charge in [0.05, 0.1) is 12.8 Å². The third-order valence-corrected chi connectivity index (χ3v) is 2.30. The van der Waals surface area contributed by atoms with Crippen molar-refractivity contribution in [3.05, 3.63) is 30.6 Å². The zero-order valence-corrected chi connectivity index (χ0v) is 10.3. The molecule has 0 spiro atoms. The maximum Gasteiger partial charge on any atom is 0.327 e. The number of ether oxygens (including phenoxy) is 1. The highest BCUT2D eigenvalue weighted by atomic mass is 16.5. The van der Waals surface area contributed by atoms with Crippen LogP contribution in [0, 0.1) is 0 Å². The number of aryl methyl sites for hydroxylation is 1. The number of carbonyl (C=O) groups excluding carboxylic acids is 1. The van der Waals surface area contributed by atoms with E-state index in [4.69, 9.17) is 4.74 Å². The quantitative estimate of drug-likeness (QED) is 0.573. The molecule has 0 fully saturated rings. The third-order valence-electron chi connectivity index (χ3n) is 2.30. The van der Waals surface area contributed by atoms with Gasteiger partial charge >= 0.3 is 5.97 Å². The molecule has 5 nitrogen and oxygen atoms in total. The van der Waals surface area contributed by atoms with E-state index in [1.165, 1.54) is 0 Å². The van der Waals surface area contributed by atoms with Crippen molar-refractivity contribution in [2.24, 2.45) is 0 Å². The van der Waals surface area contributed by atoms with Crippen LogP contribution in [0.1, 0.15) is 25.5 Å². The summed E-state index contributed by atoms with van der Waals surface area (Å²) in [5, 5.41) is 7.21. The Bertz CT molecular complexity index is 374. The minimum Gasteiger partial charge on any atom is -0.465 e. The highest BCUT2D eigenvalue weighted by molar-refractivity contribution is 5.77. The Balaban J connectivity index is 2.80. The summed E-state index contributed by atoms with van der Waals surface area (Å²) in [5.74, 6) is -0.287. The van der Waals surface area contributed by atoms with E-state index < -0.39 is 6.04 Å². The molecule has 0 aliphatic rings. The molecule has 0 bridgehead atoms. The number of esters is 1. The van der Waals surface area contributed by atoms with Gasteiger partial charge in [-0.3, -0.25) is 10.00 Å². The topological polar surface area (TPSA) is 56.1 Å². The van der Waals surface area contributed by atoms with Crippen molar-refractivity contribution in [1.82, 2.24) is 15.1 Å². The van der Waals surface area contributed by atoms with Crippen molar-refractivity contribution in [2.75, 3.05) is 13.2 Å². The molecule has 0 amide bonds. The molecule has 17 heavy (non-hydrogen) atoms. The summed E-state index contributed by atoms with van der Waals surface area (Å²) >= 11 is 0. The standard InChI is InChI=1S/C12H19N3O2/c1-4-7-13-11(12(16)17-6-3)10-8-14-15(5-2)9-10/h4,8-9,11,13H,1,5-7H2,2-3H3. The summed E-state index contributed by atoms with van der Waals surface area (Å²) in [6.07, 6.45) is 5.23. The lowest BCUT2D eigenvalue weighted by molar-refractivity contribution is -0.145. The molecule has 1 aromatic rings. The van der Waals surface area contributed by atoms with Crippen LogP contribution in [-0.2, 0) is 16.1 Å². The summed E-state index contributed by atoms with van der Waals surface area (Å²) in [7, 11) is 0. The maximum absolute atomic E-state index is 11.8. The normalized spacial score (nSPS) is 12.1. The van der Waals surface area contributed by atoms with Gasteiger partial charge < -0.3 is 4.74 Å². The Morgan fingerprint density at radius 1 is 1.71 bits per heavy atom. The van der Waals surface area contributed by atoms with Gasteiger partial charge in [-0.1, -0.05) is 6.08 Å². The molecule has 1 rings (SSSR count). The van der Waals surface area contributed by atoms with E-state index in [1.54, 1.807) is 23.9 Å². The Kier molecular flexibility index (Phi) is 5.42. The molecule has 1 aromatic heterocycles. The fourth-order valence-electron chi connectivity index (χ4n) is 1.47. The number of aromatic nitrogens is 2. The van der Waals surface area contributed by atoms with Crippen LogP contribution in [0.3, 0.4) is 0 Å². The second-order valence-electron chi connectivity index (χ2n) is 3.51. The predicted molar refractivity (Wildman–Crippen MR) is 65.5 cm³/mol. The monoisotopic (exact) mass is 237 g/mol. The molecule has 1 atom stereocenters. The number of rotatable bonds is 7. The van der Waals surface area contributed by atoms with Crippen molar-refractivity contribution in [3.63, 3.8) is 0 Å². The van der Waals surface area contributed by atoms with Crippen LogP contribution in [0.15, 0.2) is 25.0 Å². The van der Waals surface area contributed by atoms with Crippen LogP contribution in [-0.4, -0.2) is 28.9 Å². The largest absolute Gasteiger partial charge is 0.465 e. The summed E-state index contributed by atoms with van der Waals surface area (Å²) in [4.78, 5) is 11.8. The maximum atomic E-state index is 11.8. The zero-order chi connectivity index (χ0) is 12.7. The first-order valence-corrected chi connectivity index (χ1v) is 5.76. The van der Waals surface area contributed by atoms with Crippen molar-refractivity contribution < 1.29 is 9.53 Å². The van der Waals surface area contributed by atoms with Gasteiger partial charge in [-0.25, -0.2) is 4.79 Å². The van der Waals surface area contributed by atoms with E-state index in [0.29, 0.717) is 13.2 Å². The lowest BCUT2D eigenvalue weighted by atomic mass is 10.1. The molecule has 1 heterocycles. The van der Waals surface area contributed by atoms with E-state index >= 15 is 0 Å². The van der Waals surface area contributed by atoms with Gasteiger partial charge in [0.15, 0.2) is 0 Å². The molecular weight excluding hydrogens is 218 g/mol. The van der Waals surface area contributed by atoms with E-state index in [9.17, 15) is 4.79 Å². The Hall–Kier alpha value is -1.62. The lowest BCUT2D eigenvalue weighted by Gasteiger charge is -2.14. The summed E-state index contributed by atoms with van der Waals surface area (Å²) in [5.41, 5.74) is 0.812. The first kappa shape index (κ1) is 13.4. The molecule has 1 N–H and O–H groups in total. The van der Waals surface area contributed by atoms with Gasteiger partial charge in [-0.15, -0.1) is 6.58 Å². The summed E-state index contributed by atoms with van der Waals surface area (Å²) < 4.78 is 6.80. The Morgan fingerprint density at radius 2 is 2.47 bits per heavy atom. The second-order valence-corrected chi connectivity index (χ2v) is 3.51. The van der Waals surface area contributed by atoms with Gasteiger partial charge in [0.1, 0.15) is 6.04 Å². The summed E-state index contributed by atoms with van der Waals surface area (Å²) in [6.45, 7) is 9.09. The van der Waals surface area contributed by atoms with E-state index in [0.717, 1.165) is 12.1 Å². The average molecular weight is 237 g/mol. The highest BCUT2D eigenvalue weighted by Gasteiger charge is 2.22. The van der Waals surface area contributed by atoms with Crippen LogP contribution in [0.5, 0.6) is 0 Å². The van der Waals surface area contributed by atoms with Gasteiger partial charge in [0.2, 0.25) is 0 Å². The van der Waals surface area contributed by atoms with Crippen molar-refractivity contribution in [1.29, 1.82) is 0 Å². The fraction of sp³-hybridized carbons (Fsp3) is 0.500. The molecule has 0 saturated heterocycles. The number of nitrogens with one attached hydrogen (secondary N) is 1. The first-order valence-electron chi connectivity index (χ1n) is 5.76. The smallest absolute Gasteiger partial charge is 0.327 e. The number of hydrogen-bond acceptors (Lipinski definition) is 4. The Labute approximate surface area is 101 Å². The van der Waals surface area contributed by atoms with Crippen LogP contribution in [0.2, 0.25) is 0 Å². The molecule has 0 aliphatic carbocycles. The molecular formula is C12H19N3O2. The second kappa shape index (κ2) is 6.85. The zero-order valence-electron chi connectivity index (χ0n) is 10.3.